The Labute approximate surface area is 103 Å². The molecule has 1 saturated carbocycles. The van der Waals surface area contributed by atoms with Crippen molar-refractivity contribution in [3.8, 4) is 0 Å². The summed E-state index contributed by atoms with van der Waals surface area (Å²) in [6, 6.07) is 0. The van der Waals surface area contributed by atoms with Gasteiger partial charge < -0.3 is 5.32 Å². The van der Waals surface area contributed by atoms with Crippen molar-refractivity contribution in [1.29, 1.82) is 0 Å². The van der Waals surface area contributed by atoms with Crippen LogP contribution in [0.2, 0.25) is 0 Å². The fourth-order valence-electron chi connectivity index (χ4n) is 2.33. The van der Waals surface area contributed by atoms with Crippen molar-refractivity contribution in [3.05, 3.63) is 11.8 Å². The average Bonchev–Trinajstić information content (AvgIpc) is 2.31. The predicted octanol–water partition coefficient (Wildman–Crippen LogP) is 3.72. The van der Waals surface area contributed by atoms with E-state index in [0.717, 1.165) is 19.3 Å². The summed E-state index contributed by atoms with van der Waals surface area (Å²) in [6.45, 7) is 0. The van der Waals surface area contributed by atoms with E-state index in [2.05, 4.69) is 16.4 Å². The monoisotopic (exact) mass is 236 g/mol. The van der Waals surface area contributed by atoms with E-state index in [1.54, 1.807) is 0 Å². The van der Waals surface area contributed by atoms with E-state index in [0.29, 0.717) is 5.11 Å². The number of aliphatic imine (C=N–C) groups is 1. The summed E-state index contributed by atoms with van der Waals surface area (Å²) >= 11 is 5.28. The SMILES string of the molecule is S=C(N=C1CCCCC1)NC1=CCCCC1. The fraction of sp³-hybridized carbons (Fsp3) is 0.692. The highest BCUT2D eigenvalue weighted by atomic mass is 32.1. The Bertz CT molecular complexity index is 310. The molecule has 2 aliphatic rings. The molecule has 2 aliphatic carbocycles. The molecule has 1 N–H and O–H groups in total. The first kappa shape index (κ1) is 11.8. The van der Waals surface area contributed by atoms with E-state index < -0.39 is 0 Å². The lowest BCUT2D eigenvalue weighted by Crippen LogP contribution is -2.22. The van der Waals surface area contributed by atoms with Gasteiger partial charge in [0.25, 0.3) is 0 Å². The van der Waals surface area contributed by atoms with Crippen LogP contribution in [-0.4, -0.2) is 10.8 Å². The summed E-state index contributed by atoms with van der Waals surface area (Å²) in [5, 5.41) is 3.94. The molecule has 1 fully saturated rings. The van der Waals surface area contributed by atoms with Crippen molar-refractivity contribution in [3.63, 3.8) is 0 Å². The number of allylic oxidation sites excluding steroid dienone is 2. The van der Waals surface area contributed by atoms with Gasteiger partial charge in [-0.15, -0.1) is 0 Å². The minimum Gasteiger partial charge on any atom is -0.335 e. The number of rotatable bonds is 1. The molecule has 0 aliphatic heterocycles. The van der Waals surface area contributed by atoms with Gasteiger partial charge in [-0.2, -0.15) is 0 Å². The Morgan fingerprint density at radius 3 is 2.50 bits per heavy atom. The van der Waals surface area contributed by atoms with Gasteiger partial charge in [0.2, 0.25) is 0 Å². The third-order valence-electron chi connectivity index (χ3n) is 3.25. The van der Waals surface area contributed by atoms with Gasteiger partial charge in [0.1, 0.15) is 0 Å². The molecular weight excluding hydrogens is 216 g/mol. The fourth-order valence-corrected chi connectivity index (χ4v) is 2.59. The summed E-state index contributed by atoms with van der Waals surface area (Å²) in [7, 11) is 0. The van der Waals surface area contributed by atoms with Crippen LogP contribution < -0.4 is 5.32 Å². The van der Waals surface area contributed by atoms with Crippen molar-refractivity contribution >= 4 is 23.0 Å². The van der Waals surface area contributed by atoms with Gasteiger partial charge in [0, 0.05) is 11.4 Å². The number of hydrogen-bond acceptors (Lipinski definition) is 1. The second kappa shape index (κ2) is 6.14. The summed E-state index contributed by atoms with van der Waals surface area (Å²) in [6.07, 6.45) is 13.4. The quantitative estimate of drug-likeness (QED) is 0.702. The van der Waals surface area contributed by atoms with Crippen LogP contribution >= 0.6 is 12.2 Å². The average molecular weight is 236 g/mol. The first-order chi connectivity index (χ1) is 7.84. The van der Waals surface area contributed by atoms with E-state index in [1.165, 1.54) is 49.9 Å². The van der Waals surface area contributed by atoms with E-state index in [1.807, 2.05) is 0 Å². The molecule has 0 unspecified atom stereocenters. The maximum absolute atomic E-state index is 5.28. The van der Waals surface area contributed by atoms with E-state index in [9.17, 15) is 0 Å². The Balaban J connectivity index is 1.85. The molecule has 0 amide bonds. The third kappa shape index (κ3) is 3.71. The molecule has 88 valence electrons. The van der Waals surface area contributed by atoms with E-state index in [4.69, 9.17) is 12.2 Å². The molecule has 0 atom stereocenters. The summed E-state index contributed by atoms with van der Waals surface area (Å²) in [5.41, 5.74) is 2.57. The maximum atomic E-state index is 5.28. The van der Waals surface area contributed by atoms with Gasteiger partial charge in [0.05, 0.1) is 0 Å². The molecule has 0 radical (unpaired) electrons. The highest BCUT2D eigenvalue weighted by Gasteiger charge is 2.09. The molecule has 0 aromatic rings. The van der Waals surface area contributed by atoms with Crippen molar-refractivity contribution in [2.45, 2.75) is 57.8 Å². The van der Waals surface area contributed by atoms with Crippen LogP contribution in [0.1, 0.15) is 57.8 Å². The second-order valence-electron chi connectivity index (χ2n) is 4.64. The largest absolute Gasteiger partial charge is 0.335 e. The van der Waals surface area contributed by atoms with E-state index in [-0.39, 0.29) is 0 Å². The zero-order valence-corrected chi connectivity index (χ0v) is 10.6. The minimum atomic E-state index is 0.671. The molecular formula is C13H20N2S. The summed E-state index contributed by atoms with van der Waals surface area (Å²) in [4.78, 5) is 4.53. The molecule has 0 bridgehead atoms. The van der Waals surface area contributed by atoms with E-state index >= 15 is 0 Å². The normalized spacial score (nSPS) is 21.2. The summed E-state index contributed by atoms with van der Waals surface area (Å²) in [5.74, 6) is 0. The topological polar surface area (TPSA) is 24.4 Å². The van der Waals surface area contributed by atoms with Gasteiger partial charge in [-0.1, -0.05) is 12.5 Å². The van der Waals surface area contributed by atoms with Crippen molar-refractivity contribution in [1.82, 2.24) is 5.32 Å². The van der Waals surface area contributed by atoms with Gasteiger partial charge in [-0.25, -0.2) is 4.99 Å². The van der Waals surface area contributed by atoms with Crippen molar-refractivity contribution < 1.29 is 0 Å². The van der Waals surface area contributed by atoms with Crippen LogP contribution in [0.4, 0.5) is 0 Å². The van der Waals surface area contributed by atoms with Crippen LogP contribution in [-0.2, 0) is 0 Å². The van der Waals surface area contributed by atoms with Crippen LogP contribution in [0.15, 0.2) is 16.8 Å². The van der Waals surface area contributed by atoms with Gasteiger partial charge >= 0.3 is 0 Å². The van der Waals surface area contributed by atoms with Gasteiger partial charge in [-0.05, 0) is 63.6 Å². The smallest absolute Gasteiger partial charge is 0.196 e. The Morgan fingerprint density at radius 2 is 1.81 bits per heavy atom. The molecule has 0 heterocycles. The van der Waals surface area contributed by atoms with Crippen LogP contribution in [0.25, 0.3) is 0 Å². The predicted molar refractivity (Wildman–Crippen MR) is 72.8 cm³/mol. The Kier molecular flexibility index (Phi) is 4.52. The molecule has 3 heteroatoms. The molecule has 2 rings (SSSR count). The summed E-state index contributed by atoms with van der Waals surface area (Å²) < 4.78 is 0. The van der Waals surface area contributed by atoms with Gasteiger partial charge in [-0.3, -0.25) is 0 Å². The molecule has 0 aromatic heterocycles. The number of nitrogens with zero attached hydrogens (tertiary/aromatic N) is 1. The Hall–Kier alpha value is -0.700. The lowest BCUT2D eigenvalue weighted by Gasteiger charge is -2.16. The van der Waals surface area contributed by atoms with Crippen LogP contribution in [0.5, 0.6) is 0 Å². The molecule has 0 spiro atoms. The lowest BCUT2D eigenvalue weighted by atomic mass is 9.99. The number of thiocarbonyl (C=S) groups is 1. The second-order valence-corrected chi connectivity index (χ2v) is 5.03. The molecule has 2 nitrogen and oxygen atoms in total. The number of hydrogen-bond donors (Lipinski definition) is 1. The maximum Gasteiger partial charge on any atom is 0.196 e. The Morgan fingerprint density at radius 1 is 1.06 bits per heavy atom. The first-order valence-electron chi connectivity index (χ1n) is 6.41. The van der Waals surface area contributed by atoms with Crippen molar-refractivity contribution in [2.75, 3.05) is 0 Å². The van der Waals surface area contributed by atoms with Crippen molar-refractivity contribution in [2.24, 2.45) is 4.99 Å². The zero-order valence-electron chi connectivity index (χ0n) is 9.80. The molecule has 16 heavy (non-hydrogen) atoms. The van der Waals surface area contributed by atoms with Crippen LogP contribution in [0, 0.1) is 0 Å². The highest BCUT2D eigenvalue weighted by molar-refractivity contribution is 7.80. The molecule has 0 aromatic carbocycles. The number of nitrogens with one attached hydrogen (secondary N) is 1. The lowest BCUT2D eigenvalue weighted by molar-refractivity contribution is 0.666. The zero-order chi connectivity index (χ0) is 11.2. The standard InChI is InChI=1S/C13H20N2S/c16-13(14-11-7-3-1-4-8-11)15-12-9-5-2-6-10-12/h7H,1-6,8-10H2,(H,14,16). The third-order valence-corrected chi connectivity index (χ3v) is 3.44. The highest BCUT2D eigenvalue weighted by Crippen LogP contribution is 2.16. The van der Waals surface area contributed by atoms with Crippen LogP contribution in [0.3, 0.4) is 0 Å². The first-order valence-corrected chi connectivity index (χ1v) is 6.82. The molecule has 0 saturated heterocycles. The minimum absolute atomic E-state index is 0.671. The van der Waals surface area contributed by atoms with Gasteiger partial charge in [0.15, 0.2) is 5.11 Å².